The fraction of sp³-hybridized carbons (Fsp3) is 0.478. The third-order valence-corrected chi connectivity index (χ3v) is 5.51. The monoisotopic (exact) mass is 352 g/mol. The highest BCUT2D eigenvalue weighted by molar-refractivity contribution is 5.46. The highest BCUT2D eigenvalue weighted by atomic mass is 16.5. The predicted molar refractivity (Wildman–Crippen MR) is 110 cm³/mol. The smallest absolute Gasteiger partial charge is 0.118 e. The van der Waals surface area contributed by atoms with Crippen LogP contribution in [0.2, 0.25) is 0 Å². The van der Waals surface area contributed by atoms with E-state index in [9.17, 15) is 0 Å². The Morgan fingerprint density at radius 3 is 2.31 bits per heavy atom. The molecule has 3 nitrogen and oxygen atoms in total. The molecule has 0 aliphatic heterocycles. The molecule has 1 N–H and O–H groups in total. The highest BCUT2D eigenvalue weighted by Gasteiger charge is 2.21. The Hall–Kier alpha value is -2.00. The first-order valence-electron chi connectivity index (χ1n) is 9.76. The van der Waals surface area contributed by atoms with Gasteiger partial charge in [0.1, 0.15) is 5.75 Å². The Balaban J connectivity index is 1.48. The van der Waals surface area contributed by atoms with Crippen LogP contribution in [0.15, 0.2) is 48.5 Å². The number of hydrogen-bond acceptors (Lipinski definition) is 3. The second-order valence-electron chi connectivity index (χ2n) is 7.72. The second kappa shape index (κ2) is 9.09. The topological polar surface area (TPSA) is 24.5 Å². The molecule has 26 heavy (non-hydrogen) atoms. The van der Waals surface area contributed by atoms with Gasteiger partial charge in [0.15, 0.2) is 0 Å². The summed E-state index contributed by atoms with van der Waals surface area (Å²) in [5.41, 5.74) is 4.07. The summed E-state index contributed by atoms with van der Waals surface area (Å²) < 4.78 is 5.23. The van der Waals surface area contributed by atoms with E-state index in [1.165, 1.54) is 48.9 Å². The van der Waals surface area contributed by atoms with Crippen molar-refractivity contribution < 1.29 is 4.74 Å². The van der Waals surface area contributed by atoms with E-state index in [1.807, 2.05) is 12.1 Å². The van der Waals surface area contributed by atoms with Crippen LogP contribution in [0, 0.1) is 5.92 Å². The molecule has 0 spiro atoms. The highest BCUT2D eigenvalue weighted by Crippen LogP contribution is 2.28. The van der Waals surface area contributed by atoms with Crippen molar-refractivity contribution in [3.63, 3.8) is 0 Å². The Morgan fingerprint density at radius 2 is 1.65 bits per heavy atom. The molecule has 0 bridgehead atoms. The Labute approximate surface area is 158 Å². The van der Waals surface area contributed by atoms with E-state index in [1.54, 1.807) is 7.11 Å². The van der Waals surface area contributed by atoms with E-state index in [0.29, 0.717) is 6.04 Å². The largest absolute Gasteiger partial charge is 0.497 e. The van der Waals surface area contributed by atoms with Gasteiger partial charge in [0.05, 0.1) is 7.11 Å². The van der Waals surface area contributed by atoms with Gasteiger partial charge < -0.3 is 15.0 Å². The number of anilines is 1. The summed E-state index contributed by atoms with van der Waals surface area (Å²) in [6.07, 6.45) is 6.48. The molecule has 0 heterocycles. The van der Waals surface area contributed by atoms with Crippen LogP contribution in [-0.4, -0.2) is 27.2 Å². The van der Waals surface area contributed by atoms with Gasteiger partial charge in [-0.15, -0.1) is 0 Å². The lowest BCUT2D eigenvalue weighted by molar-refractivity contribution is 0.283. The quantitative estimate of drug-likeness (QED) is 0.785. The molecule has 2 atom stereocenters. The zero-order valence-corrected chi connectivity index (χ0v) is 16.4. The number of rotatable bonds is 7. The first-order valence-corrected chi connectivity index (χ1v) is 9.76. The average molecular weight is 353 g/mol. The third-order valence-electron chi connectivity index (χ3n) is 5.51. The van der Waals surface area contributed by atoms with E-state index in [-0.39, 0.29) is 0 Å². The number of hydrogen-bond donors (Lipinski definition) is 1. The van der Waals surface area contributed by atoms with E-state index >= 15 is 0 Å². The molecule has 3 rings (SSSR count). The molecule has 1 saturated carbocycles. The normalized spacial score (nSPS) is 20.0. The van der Waals surface area contributed by atoms with Crippen LogP contribution in [0.5, 0.6) is 5.75 Å². The average Bonchev–Trinajstić information content (AvgIpc) is 2.67. The van der Waals surface area contributed by atoms with Gasteiger partial charge in [-0.25, -0.2) is 0 Å². The fourth-order valence-corrected chi connectivity index (χ4v) is 3.93. The summed E-state index contributed by atoms with van der Waals surface area (Å²) in [5, 5.41) is 3.77. The fourth-order valence-electron chi connectivity index (χ4n) is 3.93. The maximum Gasteiger partial charge on any atom is 0.118 e. The van der Waals surface area contributed by atoms with E-state index < -0.39 is 0 Å². The SMILES string of the molecule is COc1ccc(CNC2CCCC(Cc3ccc(N(C)C)cc3)C2)cc1. The number of nitrogens with one attached hydrogen (secondary N) is 1. The van der Waals surface area contributed by atoms with Crippen LogP contribution >= 0.6 is 0 Å². The summed E-state index contributed by atoms with van der Waals surface area (Å²) in [6.45, 7) is 0.943. The van der Waals surface area contributed by atoms with Crippen LogP contribution in [0.4, 0.5) is 5.69 Å². The van der Waals surface area contributed by atoms with Gasteiger partial charge in [0, 0.05) is 32.4 Å². The van der Waals surface area contributed by atoms with Crippen LogP contribution in [-0.2, 0) is 13.0 Å². The van der Waals surface area contributed by atoms with Crippen molar-refractivity contribution in [3.05, 3.63) is 59.7 Å². The third kappa shape index (κ3) is 5.25. The molecule has 1 fully saturated rings. The van der Waals surface area contributed by atoms with Gasteiger partial charge in [-0.2, -0.15) is 0 Å². The van der Waals surface area contributed by atoms with Gasteiger partial charge in [-0.05, 0) is 60.6 Å². The second-order valence-corrected chi connectivity index (χ2v) is 7.72. The predicted octanol–water partition coefficient (Wildman–Crippen LogP) is 4.65. The van der Waals surface area contributed by atoms with E-state index in [4.69, 9.17) is 4.74 Å². The summed E-state index contributed by atoms with van der Waals surface area (Å²) in [4.78, 5) is 2.16. The lowest BCUT2D eigenvalue weighted by Crippen LogP contribution is -2.34. The Morgan fingerprint density at radius 1 is 0.962 bits per heavy atom. The minimum atomic E-state index is 0.636. The van der Waals surface area contributed by atoms with Crippen LogP contribution in [0.25, 0.3) is 0 Å². The van der Waals surface area contributed by atoms with Crippen LogP contribution < -0.4 is 15.0 Å². The Kier molecular flexibility index (Phi) is 6.56. The Bertz CT molecular complexity index is 664. The summed E-state index contributed by atoms with van der Waals surface area (Å²) in [7, 11) is 5.90. The number of ether oxygens (including phenoxy) is 1. The lowest BCUT2D eigenvalue weighted by atomic mass is 9.82. The van der Waals surface area contributed by atoms with Crippen molar-refractivity contribution >= 4 is 5.69 Å². The molecule has 0 amide bonds. The molecule has 1 aliphatic carbocycles. The number of benzene rings is 2. The molecule has 3 heteroatoms. The molecular formula is C23H32N2O. The van der Waals surface area contributed by atoms with Crippen molar-refractivity contribution in [3.8, 4) is 5.75 Å². The zero-order chi connectivity index (χ0) is 18.4. The first-order chi connectivity index (χ1) is 12.6. The van der Waals surface area contributed by atoms with Crippen molar-refractivity contribution in [2.24, 2.45) is 5.92 Å². The maximum atomic E-state index is 5.23. The molecule has 2 aromatic rings. The standard InChI is InChI=1S/C23H32N2O/c1-25(2)22-11-7-18(8-12-22)15-20-5-4-6-21(16-20)24-17-19-9-13-23(26-3)14-10-19/h7-14,20-21,24H,4-6,15-17H2,1-3H3. The van der Waals surface area contributed by atoms with Crippen molar-refractivity contribution in [2.45, 2.75) is 44.7 Å². The first kappa shape index (κ1) is 18.8. The maximum absolute atomic E-state index is 5.23. The molecule has 2 unspecified atom stereocenters. The molecule has 140 valence electrons. The summed E-state index contributed by atoms with van der Waals surface area (Å²) >= 11 is 0. The molecule has 2 aromatic carbocycles. The molecule has 0 radical (unpaired) electrons. The van der Waals surface area contributed by atoms with Gasteiger partial charge in [-0.1, -0.05) is 37.1 Å². The molecule has 0 saturated heterocycles. The van der Waals surface area contributed by atoms with Gasteiger partial charge in [0.2, 0.25) is 0 Å². The minimum Gasteiger partial charge on any atom is -0.497 e. The van der Waals surface area contributed by atoms with Crippen molar-refractivity contribution in [1.29, 1.82) is 0 Å². The summed E-state index contributed by atoms with van der Waals surface area (Å²) in [6, 6.07) is 18.1. The number of methoxy groups -OCH3 is 1. The molecular weight excluding hydrogens is 320 g/mol. The molecule has 0 aromatic heterocycles. The van der Waals surface area contributed by atoms with E-state index in [2.05, 4.69) is 60.7 Å². The van der Waals surface area contributed by atoms with Crippen LogP contribution in [0.1, 0.15) is 36.8 Å². The van der Waals surface area contributed by atoms with E-state index in [0.717, 1.165) is 18.2 Å². The minimum absolute atomic E-state index is 0.636. The van der Waals surface area contributed by atoms with Gasteiger partial charge in [0.25, 0.3) is 0 Å². The van der Waals surface area contributed by atoms with Gasteiger partial charge >= 0.3 is 0 Å². The van der Waals surface area contributed by atoms with Crippen molar-refractivity contribution in [1.82, 2.24) is 5.32 Å². The number of nitrogens with zero attached hydrogens (tertiary/aromatic N) is 1. The summed E-state index contributed by atoms with van der Waals surface area (Å²) in [5.74, 6) is 1.72. The molecule has 1 aliphatic rings. The van der Waals surface area contributed by atoms with Crippen molar-refractivity contribution in [2.75, 3.05) is 26.1 Å². The van der Waals surface area contributed by atoms with Gasteiger partial charge in [-0.3, -0.25) is 0 Å². The van der Waals surface area contributed by atoms with Crippen LogP contribution in [0.3, 0.4) is 0 Å². The lowest BCUT2D eigenvalue weighted by Gasteiger charge is -2.30. The zero-order valence-electron chi connectivity index (χ0n) is 16.4.